The molecule has 0 spiro atoms. The van der Waals surface area contributed by atoms with Crippen molar-refractivity contribution in [2.24, 2.45) is 0 Å². The van der Waals surface area contributed by atoms with Crippen molar-refractivity contribution in [1.29, 1.82) is 0 Å². The van der Waals surface area contributed by atoms with Crippen LogP contribution in [0.3, 0.4) is 0 Å². The number of anilines is 2. The van der Waals surface area contributed by atoms with E-state index in [1.54, 1.807) is 12.1 Å². The topological polar surface area (TPSA) is 84.5 Å². The highest BCUT2D eigenvalue weighted by Crippen LogP contribution is 2.16. The van der Waals surface area contributed by atoms with Gasteiger partial charge in [0, 0.05) is 0 Å². The Hall–Kier alpha value is -3.22. The van der Waals surface area contributed by atoms with Gasteiger partial charge in [-0.15, -0.1) is 0 Å². The number of amides is 2. The zero-order chi connectivity index (χ0) is 16.8. The molecule has 2 N–H and O–H groups in total. The summed E-state index contributed by atoms with van der Waals surface area (Å²) in [5.41, 5.74) is 0.101. The fourth-order valence-corrected chi connectivity index (χ4v) is 1.80. The summed E-state index contributed by atoms with van der Waals surface area (Å²) in [4.78, 5) is 35.3. The molecule has 118 valence electrons. The van der Waals surface area contributed by atoms with E-state index >= 15 is 0 Å². The number of ether oxygens (including phenoxy) is 1. The van der Waals surface area contributed by atoms with Gasteiger partial charge in [0.05, 0.1) is 24.0 Å². The summed E-state index contributed by atoms with van der Waals surface area (Å²) in [5.74, 6) is -3.42. The van der Waals surface area contributed by atoms with Gasteiger partial charge in [-0.2, -0.15) is 0 Å². The van der Waals surface area contributed by atoms with Gasteiger partial charge in [0.2, 0.25) is 0 Å². The monoisotopic (exact) mass is 316 g/mol. The first-order valence-electron chi connectivity index (χ1n) is 6.57. The third kappa shape index (κ3) is 3.91. The number of nitrogens with one attached hydrogen (secondary N) is 2. The van der Waals surface area contributed by atoms with Gasteiger partial charge < -0.3 is 15.4 Å². The molecule has 0 saturated heterocycles. The molecule has 0 saturated carbocycles. The van der Waals surface area contributed by atoms with E-state index in [0.29, 0.717) is 0 Å². The van der Waals surface area contributed by atoms with Gasteiger partial charge in [0.15, 0.2) is 0 Å². The highest BCUT2D eigenvalue weighted by Gasteiger charge is 2.19. The number of para-hydroxylation sites is 2. The smallest absolute Gasteiger partial charge is 0.339 e. The molecule has 0 aliphatic rings. The minimum atomic E-state index is -1.06. The van der Waals surface area contributed by atoms with Gasteiger partial charge in [-0.25, -0.2) is 9.18 Å². The van der Waals surface area contributed by atoms with Gasteiger partial charge in [0.25, 0.3) is 0 Å². The molecular formula is C16H13FN2O4. The fourth-order valence-electron chi connectivity index (χ4n) is 1.80. The summed E-state index contributed by atoms with van der Waals surface area (Å²) >= 11 is 0. The van der Waals surface area contributed by atoms with Crippen LogP contribution in [0.15, 0.2) is 48.5 Å². The molecule has 0 atom stereocenters. The van der Waals surface area contributed by atoms with Crippen LogP contribution in [-0.4, -0.2) is 24.9 Å². The third-order valence-corrected chi connectivity index (χ3v) is 2.91. The zero-order valence-electron chi connectivity index (χ0n) is 12.1. The number of esters is 1. The van der Waals surface area contributed by atoms with Crippen molar-refractivity contribution in [3.63, 3.8) is 0 Å². The average Bonchev–Trinajstić information content (AvgIpc) is 2.56. The highest BCUT2D eigenvalue weighted by atomic mass is 19.1. The Kier molecular flexibility index (Phi) is 5.03. The summed E-state index contributed by atoms with van der Waals surface area (Å²) in [6, 6.07) is 11.5. The van der Waals surface area contributed by atoms with Crippen LogP contribution in [0, 0.1) is 5.82 Å². The number of rotatable bonds is 3. The molecule has 6 nitrogen and oxygen atoms in total. The lowest BCUT2D eigenvalue weighted by Gasteiger charge is -2.10. The van der Waals surface area contributed by atoms with Crippen molar-refractivity contribution in [1.82, 2.24) is 0 Å². The molecule has 0 radical (unpaired) electrons. The van der Waals surface area contributed by atoms with E-state index < -0.39 is 23.6 Å². The summed E-state index contributed by atoms with van der Waals surface area (Å²) < 4.78 is 18.0. The number of methoxy groups -OCH3 is 1. The second-order valence-corrected chi connectivity index (χ2v) is 4.43. The standard InChI is InChI=1S/C16H13FN2O4/c1-23-16(22)10-6-2-4-8-12(10)18-14(20)15(21)19-13-9-5-3-7-11(13)17/h2-9H,1H3,(H,18,20)(H,19,21). The quantitative estimate of drug-likeness (QED) is 0.671. The molecule has 7 heteroatoms. The SMILES string of the molecule is COC(=O)c1ccccc1NC(=O)C(=O)Nc1ccccc1F. The molecule has 2 amide bonds. The van der Waals surface area contributed by atoms with E-state index in [2.05, 4.69) is 15.4 Å². The number of hydrogen-bond donors (Lipinski definition) is 2. The number of hydrogen-bond acceptors (Lipinski definition) is 4. The Morgan fingerprint density at radius 3 is 2.00 bits per heavy atom. The van der Waals surface area contributed by atoms with Gasteiger partial charge in [0.1, 0.15) is 5.82 Å². The van der Waals surface area contributed by atoms with E-state index in [0.717, 1.165) is 6.07 Å². The predicted molar refractivity (Wildman–Crippen MR) is 81.4 cm³/mol. The molecule has 0 aliphatic heterocycles. The summed E-state index contributed by atoms with van der Waals surface area (Å²) in [6.07, 6.45) is 0. The Bertz CT molecular complexity index is 761. The molecule has 0 unspecified atom stereocenters. The van der Waals surface area contributed by atoms with Gasteiger partial charge in [-0.1, -0.05) is 24.3 Å². The van der Waals surface area contributed by atoms with Crippen LogP contribution in [0.1, 0.15) is 10.4 Å². The maximum Gasteiger partial charge on any atom is 0.339 e. The second-order valence-electron chi connectivity index (χ2n) is 4.43. The van der Waals surface area contributed by atoms with E-state index in [4.69, 9.17) is 0 Å². The summed E-state index contributed by atoms with van der Waals surface area (Å²) in [5, 5.41) is 4.44. The summed E-state index contributed by atoms with van der Waals surface area (Å²) in [6.45, 7) is 0. The first kappa shape index (κ1) is 16.2. The van der Waals surface area contributed by atoms with E-state index in [1.165, 1.54) is 37.4 Å². The molecule has 0 fully saturated rings. The normalized spacial score (nSPS) is 9.83. The lowest BCUT2D eigenvalue weighted by Crippen LogP contribution is -2.30. The van der Waals surface area contributed by atoms with Crippen molar-refractivity contribution < 1.29 is 23.5 Å². The van der Waals surface area contributed by atoms with Crippen LogP contribution in [0.5, 0.6) is 0 Å². The van der Waals surface area contributed by atoms with Crippen molar-refractivity contribution in [3.8, 4) is 0 Å². The zero-order valence-corrected chi connectivity index (χ0v) is 12.1. The molecule has 2 aromatic carbocycles. The largest absolute Gasteiger partial charge is 0.465 e. The lowest BCUT2D eigenvalue weighted by molar-refractivity contribution is -0.133. The number of carbonyl (C=O) groups excluding carboxylic acids is 3. The maximum atomic E-state index is 13.4. The minimum absolute atomic E-state index is 0.0991. The molecule has 23 heavy (non-hydrogen) atoms. The molecule has 0 aliphatic carbocycles. The molecule has 0 heterocycles. The Morgan fingerprint density at radius 1 is 0.870 bits per heavy atom. The third-order valence-electron chi connectivity index (χ3n) is 2.91. The summed E-state index contributed by atoms with van der Waals surface area (Å²) in [7, 11) is 1.20. The van der Waals surface area contributed by atoms with Gasteiger partial charge >= 0.3 is 17.8 Å². The second kappa shape index (κ2) is 7.17. The Morgan fingerprint density at radius 2 is 1.39 bits per heavy atom. The van der Waals surface area contributed by atoms with Crippen LogP contribution in [0.25, 0.3) is 0 Å². The molecule has 2 aromatic rings. The van der Waals surface area contributed by atoms with Gasteiger partial charge in [-0.05, 0) is 24.3 Å². The van der Waals surface area contributed by atoms with E-state index in [1.807, 2.05) is 0 Å². The first-order valence-corrected chi connectivity index (χ1v) is 6.57. The van der Waals surface area contributed by atoms with Crippen LogP contribution in [0.4, 0.5) is 15.8 Å². The van der Waals surface area contributed by atoms with Gasteiger partial charge in [-0.3, -0.25) is 9.59 Å². The number of benzene rings is 2. The Balaban J connectivity index is 2.12. The highest BCUT2D eigenvalue weighted by molar-refractivity contribution is 6.44. The van der Waals surface area contributed by atoms with Crippen LogP contribution < -0.4 is 10.6 Å². The fraction of sp³-hybridized carbons (Fsp3) is 0.0625. The predicted octanol–water partition coefficient (Wildman–Crippen LogP) is 2.19. The molecule has 0 aromatic heterocycles. The van der Waals surface area contributed by atoms with Crippen molar-refractivity contribution in [3.05, 3.63) is 59.9 Å². The van der Waals surface area contributed by atoms with Crippen LogP contribution >= 0.6 is 0 Å². The molecular weight excluding hydrogens is 303 g/mol. The van der Waals surface area contributed by atoms with Crippen LogP contribution in [-0.2, 0) is 14.3 Å². The average molecular weight is 316 g/mol. The number of carbonyl (C=O) groups is 3. The lowest BCUT2D eigenvalue weighted by atomic mass is 10.2. The van der Waals surface area contributed by atoms with Crippen molar-refractivity contribution >= 4 is 29.2 Å². The first-order chi connectivity index (χ1) is 11.0. The molecule has 2 rings (SSSR count). The van der Waals surface area contributed by atoms with E-state index in [9.17, 15) is 18.8 Å². The van der Waals surface area contributed by atoms with E-state index in [-0.39, 0.29) is 16.9 Å². The minimum Gasteiger partial charge on any atom is -0.465 e. The van der Waals surface area contributed by atoms with Crippen molar-refractivity contribution in [2.75, 3.05) is 17.7 Å². The Labute approximate surface area is 131 Å². The van der Waals surface area contributed by atoms with Crippen molar-refractivity contribution in [2.45, 2.75) is 0 Å². The maximum absolute atomic E-state index is 13.4. The van der Waals surface area contributed by atoms with Crippen LogP contribution in [0.2, 0.25) is 0 Å². The number of halogens is 1. The molecule has 0 bridgehead atoms.